The Morgan fingerprint density at radius 3 is 2.29 bits per heavy atom. The predicted molar refractivity (Wildman–Crippen MR) is 50.5 cm³/mol. The molecule has 0 saturated heterocycles. The molecule has 0 saturated carbocycles. The van der Waals surface area contributed by atoms with Gasteiger partial charge in [0.05, 0.1) is 0 Å². The first-order valence-corrected chi connectivity index (χ1v) is 4.02. The second-order valence-electron chi connectivity index (χ2n) is 2.88. The molecule has 1 atom stereocenters. The Bertz CT molecular complexity index is 330. The van der Waals surface area contributed by atoms with Crippen molar-refractivity contribution in [2.75, 3.05) is 5.32 Å². The third kappa shape index (κ3) is 2.07. The summed E-state index contributed by atoms with van der Waals surface area (Å²) in [6.45, 7) is 1.41. The van der Waals surface area contributed by atoms with Gasteiger partial charge in [-0.05, 0) is 19.1 Å². The molecule has 1 aromatic carbocycles. The van der Waals surface area contributed by atoms with E-state index in [1.807, 2.05) is 0 Å². The summed E-state index contributed by atoms with van der Waals surface area (Å²) in [5.41, 5.74) is 0.0300. The first-order valence-electron chi connectivity index (χ1n) is 4.02. The Labute approximate surface area is 80.6 Å². The summed E-state index contributed by atoms with van der Waals surface area (Å²) < 4.78 is 0. The van der Waals surface area contributed by atoms with Crippen molar-refractivity contribution in [1.29, 1.82) is 0 Å². The Balaban J connectivity index is 2.91. The van der Waals surface area contributed by atoms with Gasteiger partial charge >= 0.3 is 5.97 Å². The number of carboxylic acids is 1. The summed E-state index contributed by atoms with van der Waals surface area (Å²) in [5.74, 6) is -1.43. The van der Waals surface area contributed by atoms with Crippen LogP contribution in [0.1, 0.15) is 6.92 Å². The molecule has 0 unspecified atom stereocenters. The Morgan fingerprint density at radius 1 is 1.36 bits per heavy atom. The van der Waals surface area contributed by atoms with Crippen LogP contribution in [0, 0.1) is 0 Å². The molecular weight excluding hydrogens is 186 g/mol. The number of benzene rings is 1. The number of phenolic OH excluding ortho intramolecular Hbond substituents is 2. The van der Waals surface area contributed by atoms with Crippen LogP contribution in [0.2, 0.25) is 0 Å². The van der Waals surface area contributed by atoms with Gasteiger partial charge in [-0.25, -0.2) is 0 Å². The van der Waals surface area contributed by atoms with Crippen molar-refractivity contribution in [1.82, 2.24) is 0 Å². The molecule has 0 spiro atoms. The number of anilines is 1. The number of phenols is 2. The fraction of sp³-hybridized carbons (Fsp3) is 0.222. The van der Waals surface area contributed by atoms with Crippen LogP contribution in [0.25, 0.3) is 0 Å². The summed E-state index contributed by atoms with van der Waals surface area (Å²) >= 11 is 0. The number of aliphatic carboxylic acids is 1. The average Bonchev–Trinajstić information content (AvgIpc) is 2.11. The molecule has 5 heteroatoms. The number of nitrogens with one attached hydrogen (secondary N) is 1. The maximum atomic E-state index is 10.5. The zero-order valence-electron chi connectivity index (χ0n) is 7.56. The van der Waals surface area contributed by atoms with E-state index in [1.165, 1.54) is 25.1 Å². The minimum atomic E-state index is -1.06. The highest BCUT2D eigenvalue weighted by Crippen LogP contribution is 2.32. The quantitative estimate of drug-likeness (QED) is 0.542. The van der Waals surface area contributed by atoms with Gasteiger partial charge in [-0.1, -0.05) is 6.07 Å². The van der Waals surface area contributed by atoms with Crippen molar-refractivity contribution in [3.8, 4) is 11.5 Å². The maximum absolute atomic E-state index is 10.5. The van der Waals surface area contributed by atoms with E-state index in [1.54, 1.807) is 0 Å². The molecule has 0 heterocycles. The molecule has 0 aliphatic carbocycles. The Kier molecular flexibility index (Phi) is 2.81. The SMILES string of the molecule is C[C@H](Nc1c(O)cccc1O)C(=O)O. The van der Waals surface area contributed by atoms with Gasteiger partial charge in [0.15, 0.2) is 0 Å². The molecular formula is C9H11NO4. The molecule has 5 nitrogen and oxygen atoms in total. The molecule has 0 aliphatic heterocycles. The molecule has 76 valence electrons. The summed E-state index contributed by atoms with van der Waals surface area (Å²) in [4.78, 5) is 10.5. The van der Waals surface area contributed by atoms with Crippen LogP contribution >= 0.6 is 0 Å². The number of hydrogen-bond donors (Lipinski definition) is 4. The third-order valence-corrected chi connectivity index (χ3v) is 1.75. The van der Waals surface area contributed by atoms with Crippen molar-refractivity contribution >= 4 is 11.7 Å². The second kappa shape index (κ2) is 3.87. The summed E-state index contributed by atoms with van der Waals surface area (Å²) in [7, 11) is 0. The highest BCUT2D eigenvalue weighted by Gasteiger charge is 2.14. The van der Waals surface area contributed by atoms with Gasteiger partial charge in [-0.2, -0.15) is 0 Å². The maximum Gasteiger partial charge on any atom is 0.325 e. The standard InChI is InChI=1S/C9H11NO4/c1-5(9(13)14)10-8-6(11)3-2-4-7(8)12/h2-5,10-12H,1H3,(H,13,14)/t5-/m0/s1. The fourth-order valence-electron chi connectivity index (χ4n) is 0.954. The first-order chi connectivity index (χ1) is 6.52. The number of carboxylic acid groups (broad SMARTS) is 1. The van der Waals surface area contributed by atoms with Crippen LogP contribution in [0.3, 0.4) is 0 Å². The van der Waals surface area contributed by atoms with Gasteiger partial charge in [0.25, 0.3) is 0 Å². The highest BCUT2D eigenvalue weighted by molar-refractivity contribution is 5.79. The van der Waals surface area contributed by atoms with E-state index in [9.17, 15) is 15.0 Å². The van der Waals surface area contributed by atoms with Gasteiger partial charge < -0.3 is 20.6 Å². The first kappa shape index (κ1) is 10.2. The van der Waals surface area contributed by atoms with E-state index in [0.29, 0.717) is 0 Å². The van der Waals surface area contributed by atoms with Crippen molar-refractivity contribution in [3.63, 3.8) is 0 Å². The van der Waals surface area contributed by atoms with Crippen molar-refractivity contribution in [2.24, 2.45) is 0 Å². The van der Waals surface area contributed by atoms with Gasteiger partial charge in [0.1, 0.15) is 23.2 Å². The smallest absolute Gasteiger partial charge is 0.325 e. The van der Waals surface area contributed by atoms with E-state index in [-0.39, 0.29) is 17.2 Å². The molecule has 1 rings (SSSR count). The lowest BCUT2D eigenvalue weighted by Crippen LogP contribution is -2.25. The topological polar surface area (TPSA) is 89.8 Å². The number of aromatic hydroxyl groups is 2. The highest BCUT2D eigenvalue weighted by atomic mass is 16.4. The number of hydrogen-bond acceptors (Lipinski definition) is 4. The van der Waals surface area contributed by atoms with Gasteiger partial charge in [0, 0.05) is 0 Å². The molecule has 0 aliphatic rings. The number of carbonyl (C=O) groups is 1. The molecule has 0 amide bonds. The van der Waals surface area contributed by atoms with Crippen LogP contribution in [0.5, 0.6) is 11.5 Å². The molecule has 0 radical (unpaired) electrons. The monoisotopic (exact) mass is 197 g/mol. The second-order valence-corrected chi connectivity index (χ2v) is 2.88. The minimum absolute atomic E-state index is 0.0300. The number of para-hydroxylation sites is 1. The lowest BCUT2D eigenvalue weighted by atomic mass is 10.2. The summed E-state index contributed by atoms with van der Waals surface area (Å²) in [6, 6.07) is 3.29. The summed E-state index contributed by atoms with van der Waals surface area (Å²) in [6.07, 6.45) is 0. The molecule has 0 fully saturated rings. The van der Waals surface area contributed by atoms with E-state index in [0.717, 1.165) is 0 Å². The van der Waals surface area contributed by atoms with Gasteiger partial charge in [-0.3, -0.25) is 4.79 Å². The normalized spacial score (nSPS) is 12.1. The van der Waals surface area contributed by atoms with Crippen LogP contribution in [-0.4, -0.2) is 27.3 Å². The lowest BCUT2D eigenvalue weighted by Gasteiger charge is -2.13. The zero-order valence-corrected chi connectivity index (χ0v) is 7.56. The summed E-state index contributed by atoms with van der Waals surface area (Å²) in [5, 5.41) is 29.7. The third-order valence-electron chi connectivity index (χ3n) is 1.75. The lowest BCUT2D eigenvalue weighted by molar-refractivity contribution is -0.137. The fourth-order valence-corrected chi connectivity index (χ4v) is 0.954. The number of rotatable bonds is 3. The minimum Gasteiger partial charge on any atom is -0.506 e. The van der Waals surface area contributed by atoms with Crippen molar-refractivity contribution in [2.45, 2.75) is 13.0 Å². The van der Waals surface area contributed by atoms with Crippen LogP contribution < -0.4 is 5.32 Å². The van der Waals surface area contributed by atoms with Gasteiger partial charge in [0.2, 0.25) is 0 Å². The van der Waals surface area contributed by atoms with Crippen LogP contribution in [0.15, 0.2) is 18.2 Å². The molecule has 4 N–H and O–H groups in total. The zero-order chi connectivity index (χ0) is 10.7. The Morgan fingerprint density at radius 2 is 1.86 bits per heavy atom. The van der Waals surface area contributed by atoms with Crippen molar-refractivity contribution < 1.29 is 20.1 Å². The van der Waals surface area contributed by atoms with Crippen molar-refractivity contribution in [3.05, 3.63) is 18.2 Å². The molecule has 0 bridgehead atoms. The van der Waals surface area contributed by atoms with Crippen LogP contribution in [-0.2, 0) is 4.79 Å². The Hall–Kier alpha value is -1.91. The average molecular weight is 197 g/mol. The van der Waals surface area contributed by atoms with Gasteiger partial charge in [-0.15, -0.1) is 0 Å². The van der Waals surface area contributed by atoms with Crippen LogP contribution in [0.4, 0.5) is 5.69 Å². The van der Waals surface area contributed by atoms with E-state index >= 15 is 0 Å². The largest absolute Gasteiger partial charge is 0.506 e. The molecule has 14 heavy (non-hydrogen) atoms. The molecule has 0 aromatic heterocycles. The van der Waals surface area contributed by atoms with E-state index < -0.39 is 12.0 Å². The van der Waals surface area contributed by atoms with E-state index in [4.69, 9.17) is 5.11 Å². The van der Waals surface area contributed by atoms with E-state index in [2.05, 4.69) is 5.32 Å². The predicted octanol–water partition coefficient (Wildman–Crippen LogP) is 0.983. The molecule has 1 aromatic rings.